The largest absolute Gasteiger partial charge is 0.312 e. The molecule has 3 heteroatoms. The molecule has 92 valence electrons. The topological polar surface area (TPSA) is 12.0 Å². The first-order valence-corrected chi connectivity index (χ1v) is 7.52. The van der Waals surface area contributed by atoms with Crippen LogP contribution in [0.1, 0.15) is 39.0 Å². The van der Waals surface area contributed by atoms with E-state index in [4.69, 9.17) is 0 Å². The summed E-state index contributed by atoms with van der Waals surface area (Å²) < 4.78 is 1.27. The Balaban J connectivity index is 2.26. The maximum Gasteiger partial charge on any atom is 0.0314 e. The van der Waals surface area contributed by atoms with Crippen molar-refractivity contribution in [2.24, 2.45) is 5.92 Å². The lowest BCUT2D eigenvalue weighted by atomic mass is 10.0. The molecule has 0 spiro atoms. The van der Waals surface area contributed by atoms with Gasteiger partial charge in [-0.2, -0.15) is 0 Å². The van der Waals surface area contributed by atoms with Crippen LogP contribution in [-0.2, 0) is 6.42 Å². The Kier molecular flexibility index (Phi) is 5.48. The molecule has 16 heavy (non-hydrogen) atoms. The fourth-order valence-electron chi connectivity index (χ4n) is 1.58. The van der Waals surface area contributed by atoms with E-state index in [1.165, 1.54) is 22.2 Å². The van der Waals surface area contributed by atoms with Gasteiger partial charge in [-0.05, 0) is 73.5 Å². The molecule has 0 amide bonds. The van der Waals surface area contributed by atoms with Crippen molar-refractivity contribution in [1.29, 1.82) is 0 Å². The Morgan fingerprint density at radius 3 is 2.62 bits per heavy atom. The van der Waals surface area contributed by atoms with Gasteiger partial charge < -0.3 is 5.32 Å². The molecule has 0 radical (unpaired) electrons. The highest BCUT2D eigenvalue weighted by molar-refractivity contribution is 9.10. The first-order chi connectivity index (χ1) is 7.38. The molecule has 0 aromatic carbocycles. The van der Waals surface area contributed by atoms with E-state index in [0.717, 1.165) is 12.5 Å². The molecule has 1 aromatic heterocycles. The highest BCUT2D eigenvalue weighted by Crippen LogP contribution is 2.26. The van der Waals surface area contributed by atoms with E-state index in [9.17, 15) is 0 Å². The molecule has 0 fully saturated rings. The average Bonchev–Trinajstić information content (AvgIpc) is 2.49. The van der Waals surface area contributed by atoms with Gasteiger partial charge in [-0.25, -0.2) is 0 Å². The summed E-state index contributed by atoms with van der Waals surface area (Å²) >= 11 is 5.44. The zero-order valence-electron chi connectivity index (χ0n) is 10.6. The zero-order chi connectivity index (χ0) is 12.2. The summed E-state index contributed by atoms with van der Waals surface area (Å²) in [4.78, 5) is 1.48. The summed E-state index contributed by atoms with van der Waals surface area (Å²) in [7, 11) is 0. The van der Waals surface area contributed by atoms with Gasteiger partial charge in [0.25, 0.3) is 0 Å². The summed E-state index contributed by atoms with van der Waals surface area (Å²) in [5.74, 6) is 0.741. The van der Waals surface area contributed by atoms with Crippen molar-refractivity contribution in [3.8, 4) is 0 Å². The Morgan fingerprint density at radius 1 is 1.44 bits per heavy atom. The maximum absolute atomic E-state index is 3.59. The number of halogens is 1. The third-order valence-electron chi connectivity index (χ3n) is 2.52. The van der Waals surface area contributed by atoms with Crippen LogP contribution in [0.2, 0.25) is 0 Å². The van der Waals surface area contributed by atoms with Gasteiger partial charge in [-0.15, -0.1) is 11.3 Å². The van der Waals surface area contributed by atoms with Crippen LogP contribution in [0.5, 0.6) is 0 Å². The number of thiophene rings is 1. The minimum absolute atomic E-state index is 0.239. The monoisotopic (exact) mass is 303 g/mol. The molecule has 1 nitrogen and oxygen atoms in total. The van der Waals surface area contributed by atoms with Crippen molar-refractivity contribution in [3.63, 3.8) is 0 Å². The zero-order valence-corrected chi connectivity index (χ0v) is 13.0. The first-order valence-electron chi connectivity index (χ1n) is 5.85. The second-order valence-corrected chi connectivity index (χ2v) is 7.32. The molecule has 0 aliphatic carbocycles. The van der Waals surface area contributed by atoms with E-state index in [0.29, 0.717) is 0 Å². The predicted octanol–water partition coefficient (Wildman–Crippen LogP) is 4.47. The van der Waals surface area contributed by atoms with Gasteiger partial charge in [0.05, 0.1) is 0 Å². The number of nitrogens with one attached hydrogen (secondary N) is 1. The van der Waals surface area contributed by atoms with Crippen LogP contribution in [0.4, 0.5) is 0 Å². The summed E-state index contributed by atoms with van der Waals surface area (Å²) in [6, 6.07) is 2.14. The van der Waals surface area contributed by atoms with Crippen LogP contribution in [-0.4, -0.2) is 12.1 Å². The van der Waals surface area contributed by atoms with Crippen molar-refractivity contribution >= 4 is 27.3 Å². The molecule has 1 heterocycles. The fourth-order valence-corrected chi connectivity index (χ4v) is 3.26. The molecular formula is C13H22BrNS. The molecule has 0 aliphatic heterocycles. The smallest absolute Gasteiger partial charge is 0.0314 e. The Morgan fingerprint density at radius 2 is 2.12 bits per heavy atom. The Hall–Kier alpha value is 0.140. The standard InChI is InChI=1S/C13H22BrNS/c1-10(5-7-15-13(2,3)4)9-12-11(14)6-8-16-12/h6,8,10,15H,5,7,9H2,1-4H3. The first kappa shape index (κ1) is 14.2. The lowest BCUT2D eigenvalue weighted by Gasteiger charge is -2.21. The van der Waals surface area contributed by atoms with Gasteiger partial charge >= 0.3 is 0 Å². The van der Waals surface area contributed by atoms with Crippen molar-refractivity contribution in [3.05, 3.63) is 20.8 Å². The molecule has 1 unspecified atom stereocenters. The highest BCUT2D eigenvalue weighted by Gasteiger charge is 2.11. The van der Waals surface area contributed by atoms with Crippen LogP contribution in [0, 0.1) is 5.92 Å². The van der Waals surface area contributed by atoms with Gasteiger partial charge in [0.1, 0.15) is 0 Å². The predicted molar refractivity (Wildman–Crippen MR) is 77.3 cm³/mol. The molecule has 0 saturated carbocycles. The fraction of sp³-hybridized carbons (Fsp3) is 0.692. The van der Waals surface area contributed by atoms with Gasteiger partial charge in [0, 0.05) is 14.9 Å². The summed E-state index contributed by atoms with van der Waals surface area (Å²) in [6.07, 6.45) is 2.42. The third kappa shape index (κ3) is 5.46. The number of hydrogen-bond acceptors (Lipinski definition) is 2. The van der Waals surface area contributed by atoms with Crippen molar-refractivity contribution < 1.29 is 0 Å². The Bertz CT molecular complexity index is 314. The van der Waals surface area contributed by atoms with Crippen LogP contribution < -0.4 is 5.32 Å². The van der Waals surface area contributed by atoms with Crippen LogP contribution in [0.25, 0.3) is 0 Å². The molecule has 0 saturated heterocycles. The molecule has 0 bridgehead atoms. The average molecular weight is 304 g/mol. The van der Waals surface area contributed by atoms with Crippen LogP contribution in [0.3, 0.4) is 0 Å². The molecule has 1 atom stereocenters. The van der Waals surface area contributed by atoms with E-state index in [1.54, 1.807) is 0 Å². The molecule has 1 rings (SSSR count). The van der Waals surface area contributed by atoms with Gasteiger partial charge in [-0.3, -0.25) is 0 Å². The highest BCUT2D eigenvalue weighted by atomic mass is 79.9. The van der Waals surface area contributed by atoms with Gasteiger partial charge in [-0.1, -0.05) is 6.92 Å². The van der Waals surface area contributed by atoms with Crippen LogP contribution >= 0.6 is 27.3 Å². The van der Waals surface area contributed by atoms with E-state index in [1.807, 2.05) is 11.3 Å². The van der Waals surface area contributed by atoms with Gasteiger partial charge in [0.2, 0.25) is 0 Å². The van der Waals surface area contributed by atoms with Crippen LogP contribution in [0.15, 0.2) is 15.9 Å². The van der Waals surface area contributed by atoms with E-state index < -0.39 is 0 Å². The second-order valence-electron chi connectivity index (χ2n) is 5.47. The van der Waals surface area contributed by atoms with Crippen molar-refractivity contribution in [2.75, 3.05) is 6.54 Å². The lowest BCUT2D eigenvalue weighted by molar-refractivity contribution is 0.394. The molecular weight excluding hydrogens is 282 g/mol. The quantitative estimate of drug-likeness (QED) is 0.846. The minimum atomic E-state index is 0.239. The van der Waals surface area contributed by atoms with E-state index in [2.05, 4.69) is 60.4 Å². The van der Waals surface area contributed by atoms with Crippen molar-refractivity contribution in [1.82, 2.24) is 5.32 Å². The number of hydrogen-bond donors (Lipinski definition) is 1. The maximum atomic E-state index is 3.59. The third-order valence-corrected chi connectivity index (χ3v) is 4.47. The summed E-state index contributed by atoms with van der Waals surface area (Å²) in [5.41, 5.74) is 0.239. The van der Waals surface area contributed by atoms with E-state index >= 15 is 0 Å². The second kappa shape index (κ2) is 6.18. The lowest BCUT2D eigenvalue weighted by Crippen LogP contribution is -2.37. The van der Waals surface area contributed by atoms with E-state index in [-0.39, 0.29) is 5.54 Å². The molecule has 1 aromatic rings. The summed E-state index contributed by atoms with van der Waals surface area (Å²) in [5, 5.41) is 5.69. The van der Waals surface area contributed by atoms with Crippen molar-refractivity contribution in [2.45, 2.75) is 46.1 Å². The van der Waals surface area contributed by atoms with Gasteiger partial charge in [0.15, 0.2) is 0 Å². The normalized spacial score (nSPS) is 14.1. The SMILES string of the molecule is CC(CCNC(C)(C)C)Cc1sccc1Br. The summed E-state index contributed by atoms with van der Waals surface area (Å²) in [6.45, 7) is 10.1. The number of rotatable bonds is 5. The molecule has 1 N–H and O–H groups in total. The minimum Gasteiger partial charge on any atom is -0.312 e. The Labute approximate surface area is 112 Å². The molecule has 0 aliphatic rings.